The normalized spacial score (nSPS) is 15.5. The molecular formula is C27H29N3O2. The molecule has 0 bridgehead atoms. The number of allylic oxidation sites excluding steroid dienone is 4. The number of nitrogens with one attached hydrogen (secondary N) is 2. The molecule has 0 aromatic heterocycles. The Morgan fingerprint density at radius 1 is 1.03 bits per heavy atom. The number of hydrogen-bond acceptors (Lipinski definition) is 3. The zero-order chi connectivity index (χ0) is 22.6. The van der Waals surface area contributed by atoms with Crippen LogP contribution in [0.5, 0.6) is 0 Å². The first-order valence-electron chi connectivity index (χ1n) is 10.9. The average Bonchev–Trinajstić information content (AvgIpc) is 2.80. The number of hydrogen-bond donors (Lipinski definition) is 2. The summed E-state index contributed by atoms with van der Waals surface area (Å²) in [4.78, 5) is 14.7. The number of ether oxygens (including phenoxy) is 1. The molecule has 2 amide bonds. The molecule has 5 nitrogen and oxygen atoms in total. The number of carbonyl (C=O) groups is 1. The number of nitrogens with zero attached hydrogens (tertiary/aromatic N) is 1. The van der Waals surface area contributed by atoms with E-state index in [1.807, 2.05) is 65.8 Å². The first-order valence-corrected chi connectivity index (χ1v) is 10.9. The van der Waals surface area contributed by atoms with Crippen LogP contribution in [-0.4, -0.2) is 6.03 Å². The lowest BCUT2D eigenvalue weighted by molar-refractivity contribution is 0.262. The van der Waals surface area contributed by atoms with Crippen LogP contribution >= 0.6 is 0 Å². The fourth-order valence-electron chi connectivity index (χ4n) is 3.63. The van der Waals surface area contributed by atoms with Gasteiger partial charge < -0.3 is 20.3 Å². The van der Waals surface area contributed by atoms with Gasteiger partial charge in [-0.1, -0.05) is 63.3 Å². The van der Waals surface area contributed by atoms with Gasteiger partial charge in [-0.3, -0.25) is 0 Å². The highest BCUT2D eigenvalue weighted by molar-refractivity contribution is 6.02. The Kier molecular flexibility index (Phi) is 6.17. The molecule has 164 valence electrons. The van der Waals surface area contributed by atoms with Crippen LogP contribution in [0.4, 0.5) is 21.9 Å². The summed E-state index contributed by atoms with van der Waals surface area (Å²) < 4.78 is 5.74. The van der Waals surface area contributed by atoms with Crippen molar-refractivity contribution >= 4 is 23.1 Å². The highest BCUT2D eigenvalue weighted by Crippen LogP contribution is 2.31. The van der Waals surface area contributed by atoms with E-state index in [0.29, 0.717) is 5.69 Å². The minimum atomic E-state index is -0.289. The third-order valence-corrected chi connectivity index (χ3v) is 5.44. The molecule has 0 spiro atoms. The van der Waals surface area contributed by atoms with Crippen molar-refractivity contribution in [2.75, 3.05) is 15.5 Å². The zero-order valence-corrected chi connectivity index (χ0v) is 18.8. The predicted molar refractivity (Wildman–Crippen MR) is 131 cm³/mol. The molecule has 4 rings (SSSR count). The number of para-hydroxylation sites is 2. The maximum atomic E-state index is 12.7. The van der Waals surface area contributed by atoms with Crippen LogP contribution in [-0.2, 0) is 10.2 Å². The molecule has 0 saturated heterocycles. The van der Waals surface area contributed by atoms with Crippen molar-refractivity contribution < 1.29 is 9.53 Å². The van der Waals surface area contributed by atoms with Gasteiger partial charge in [0.05, 0.1) is 17.6 Å². The smallest absolute Gasteiger partial charge is 0.323 e. The molecule has 0 fully saturated rings. The molecular weight excluding hydrogens is 398 g/mol. The summed E-state index contributed by atoms with van der Waals surface area (Å²) in [5, 5.41) is 5.89. The Balaban J connectivity index is 1.49. The molecule has 2 aliphatic rings. The summed E-state index contributed by atoms with van der Waals surface area (Å²) in [7, 11) is 0. The number of benzene rings is 2. The van der Waals surface area contributed by atoms with E-state index >= 15 is 0 Å². The van der Waals surface area contributed by atoms with E-state index in [1.54, 1.807) is 6.26 Å². The maximum absolute atomic E-state index is 12.7. The lowest BCUT2D eigenvalue weighted by Crippen LogP contribution is -2.22. The summed E-state index contributed by atoms with van der Waals surface area (Å²) in [6.45, 7) is 6.50. The lowest BCUT2D eigenvalue weighted by atomic mass is 9.87. The van der Waals surface area contributed by atoms with E-state index in [9.17, 15) is 4.79 Å². The van der Waals surface area contributed by atoms with E-state index in [-0.39, 0.29) is 11.4 Å². The van der Waals surface area contributed by atoms with Crippen LogP contribution < -0.4 is 15.5 Å². The Labute approximate surface area is 189 Å². The van der Waals surface area contributed by atoms with Crippen LogP contribution in [0.2, 0.25) is 0 Å². The van der Waals surface area contributed by atoms with Gasteiger partial charge in [-0.05, 0) is 53.7 Å². The molecule has 0 atom stereocenters. The molecule has 0 unspecified atom stereocenters. The first-order chi connectivity index (χ1) is 15.4. The lowest BCUT2D eigenvalue weighted by Gasteiger charge is -2.25. The maximum Gasteiger partial charge on any atom is 0.323 e. The zero-order valence-electron chi connectivity index (χ0n) is 18.8. The van der Waals surface area contributed by atoms with E-state index in [0.717, 1.165) is 35.5 Å². The molecule has 2 N–H and O–H groups in total. The molecule has 5 heteroatoms. The van der Waals surface area contributed by atoms with Crippen molar-refractivity contribution in [1.29, 1.82) is 0 Å². The molecule has 2 aromatic rings. The standard InChI is InChI=1S/C27H29N3O2/c1-27(2,3)21-13-15-22(16-14-21)28-26(31)29-23-11-7-8-12-24(23)30-17-18-32-25(19-30)20-9-5-4-6-10-20/h4-5,7-9,11-19H,6,10H2,1-3H3,(H2,28,29,31). The molecule has 0 saturated carbocycles. The molecule has 1 aliphatic heterocycles. The van der Waals surface area contributed by atoms with Gasteiger partial charge in [0.15, 0.2) is 0 Å². The van der Waals surface area contributed by atoms with Gasteiger partial charge >= 0.3 is 6.03 Å². The van der Waals surface area contributed by atoms with Gasteiger partial charge in [0, 0.05) is 11.9 Å². The third kappa shape index (κ3) is 5.11. The van der Waals surface area contributed by atoms with Crippen molar-refractivity contribution in [3.05, 3.63) is 102 Å². The Morgan fingerprint density at radius 3 is 2.53 bits per heavy atom. The predicted octanol–water partition coefficient (Wildman–Crippen LogP) is 7.05. The van der Waals surface area contributed by atoms with Crippen LogP contribution in [0.1, 0.15) is 39.2 Å². The minimum absolute atomic E-state index is 0.0712. The SMILES string of the molecule is CC(C)(C)c1ccc(NC(=O)Nc2ccccc2N2C=COC(C3=CC=CCC3)=C2)cc1. The monoisotopic (exact) mass is 427 g/mol. The largest absolute Gasteiger partial charge is 0.462 e. The van der Waals surface area contributed by atoms with Crippen molar-refractivity contribution in [1.82, 2.24) is 0 Å². The quantitative estimate of drug-likeness (QED) is 0.549. The van der Waals surface area contributed by atoms with E-state index in [1.165, 1.54) is 5.56 Å². The second-order valence-corrected chi connectivity index (χ2v) is 8.89. The van der Waals surface area contributed by atoms with Gasteiger partial charge in [0.1, 0.15) is 12.0 Å². The summed E-state index contributed by atoms with van der Waals surface area (Å²) in [6, 6.07) is 15.4. The van der Waals surface area contributed by atoms with Crippen LogP contribution in [0.15, 0.2) is 96.8 Å². The topological polar surface area (TPSA) is 53.6 Å². The van der Waals surface area contributed by atoms with Crippen molar-refractivity contribution in [3.8, 4) is 0 Å². The molecule has 32 heavy (non-hydrogen) atoms. The van der Waals surface area contributed by atoms with Gasteiger partial charge in [-0.15, -0.1) is 0 Å². The summed E-state index contributed by atoms with van der Waals surface area (Å²) in [5.41, 5.74) is 4.76. The second-order valence-electron chi connectivity index (χ2n) is 8.89. The van der Waals surface area contributed by atoms with E-state index in [4.69, 9.17) is 4.74 Å². The molecule has 1 heterocycles. The molecule has 2 aromatic carbocycles. The fourth-order valence-corrected chi connectivity index (χ4v) is 3.63. The summed E-state index contributed by atoms with van der Waals surface area (Å²) in [5.74, 6) is 0.815. The Morgan fingerprint density at radius 2 is 1.81 bits per heavy atom. The number of carbonyl (C=O) groups excluding carboxylic acids is 1. The van der Waals surface area contributed by atoms with Crippen molar-refractivity contribution in [3.63, 3.8) is 0 Å². The fraction of sp³-hybridized carbons (Fsp3) is 0.222. The average molecular weight is 428 g/mol. The van der Waals surface area contributed by atoms with Crippen LogP contribution in [0, 0.1) is 0 Å². The van der Waals surface area contributed by atoms with Gasteiger partial charge in [-0.2, -0.15) is 0 Å². The van der Waals surface area contributed by atoms with E-state index < -0.39 is 0 Å². The number of urea groups is 1. The van der Waals surface area contributed by atoms with Crippen LogP contribution in [0.3, 0.4) is 0 Å². The minimum Gasteiger partial charge on any atom is -0.462 e. The van der Waals surface area contributed by atoms with Crippen molar-refractivity contribution in [2.24, 2.45) is 0 Å². The van der Waals surface area contributed by atoms with Gasteiger partial charge in [0.2, 0.25) is 0 Å². The number of amides is 2. The molecule has 1 aliphatic carbocycles. The van der Waals surface area contributed by atoms with E-state index in [2.05, 4.69) is 49.6 Å². The highest BCUT2D eigenvalue weighted by atomic mass is 16.5. The first kappa shape index (κ1) is 21.5. The highest BCUT2D eigenvalue weighted by Gasteiger charge is 2.17. The van der Waals surface area contributed by atoms with Gasteiger partial charge in [0.25, 0.3) is 0 Å². The Hall–Kier alpha value is -3.73. The van der Waals surface area contributed by atoms with Crippen LogP contribution in [0.25, 0.3) is 0 Å². The Bertz CT molecular complexity index is 1100. The second kappa shape index (κ2) is 9.18. The number of rotatable bonds is 4. The van der Waals surface area contributed by atoms with Crippen molar-refractivity contribution in [2.45, 2.75) is 39.0 Å². The van der Waals surface area contributed by atoms with Gasteiger partial charge in [-0.25, -0.2) is 4.79 Å². The summed E-state index contributed by atoms with van der Waals surface area (Å²) >= 11 is 0. The summed E-state index contributed by atoms with van der Waals surface area (Å²) in [6.07, 6.45) is 13.7. The number of anilines is 3. The molecule has 0 radical (unpaired) electrons. The third-order valence-electron chi connectivity index (χ3n) is 5.44.